The Bertz CT molecular complexity index is 326. The number of nitrogens with one attached hydrogen (secondary N) is 1. The van der Waals surface area contributed by atoms with Crippen molar-refractivity contribution in [2.24, 2.45) is 0 Å². The SMILES string of the molecule is CC(NCCCC#N)C(C)c1ccccc1. The van der Waals surface area contributed by atoms with E-state index in [9.17, 15) is 0 Å². The Morgan fingerprint density at radius 3 is 2.56 bits per heavy atom. The highest BCUT2D eigenvalue weighted by molar-refractivity contribution is 5.20. The number of nitriles is 1. The molecular formula is C14H20N2. The fraction of sp³-hybridized carbons (Fsp3) is 0.500. The van der Waals surface area contributed by atoms with Gasteiger partial charge in [-0.25, -0.2) is 0 Å². The monoisotopic (exact) mass is 216 g/mol. The zero-order valence-electron chi connectivity index (χ0n) is 10.1. The van der Waals surface area contributed by atoms with E-state index in [4.69, 9.17) is 5.26 Å². The molecule has 2 unspecified atom stereocenters. The zero-order valence-corrected chi connectivity index (χ0v) is 10.1. The summed E-state index contributed by atoms with van der Waals surface area (Å²) in [5, 5.41) is 11.9. The van der Waals surface area contributed by atoms with E-state index in [0.717, 1.165) is 13.0 Å². The van der Waals surface area contributed by atoms with Crippen molar-refractivity contribution < 1.29 is 0 Å². The van der Waals surface area contributed by atoms with Gasteiger partial charge < -0.3 is 5.32 Å². The van der Waals surface area contributed by atoms with Crippen molar-refractivity contribution in [2.75, 3.05) is 6.54 Å². The van der Waals surface area contributed by atoms with Gasteiger partial charge in [0.15, 0.2) is 0 Å². The first-order valence-electron chi connectivity index (χ1n) is 5.91. The normalized spacial score (nSPS) is 14.1. The minimum absolute atomic E-state index is 0.445. The van der Waals surface area contributed by atoms with Crippen LogP contribution in [0.1, 0.15) is 38.2 Å². The molecule has 2 nitrogen and oxygen atoms in total. The summed E-state index contributed by atoms with van der Waals surface area (Å²) < 4.78 is 0. The van der Waals surface area contributed by atoms with Crippen molar-refractivity contribution in [2.45, 2.75) is 38.6 Å². The standard InChI is InChI=1S/C14H20N2/c1-12(14-8-4-3-5-9-14)13(2)16-11-7-6-10-15/h3-5,8-9,12-13,16H,6-7,11H2,1-2H3. The highest BCUT2D eigenvalue weighted by Gasteiger charge is 2.12. The van der Waals surface area contributed by atoms with Crippen molar-refractivity contribution >= 4 is 0 Å². The van der Waals surface area contributed by atoms with Gasteiger partial charge in [-0.05, 0) is 31.4 Å². The lowest BCUT2D eigenvalue weighted by Gasteiger charge is -2.21. The van der Waals surface area contributed by atoms with Crippen LogP contribution < -0.4 is 5.32 Å². The van der Waals surface area contributed by atoms with Crippen molar-refractivity contribution in [3.8, 4) is 6.07 Å². The van der Waals surface area contributed by atoms with Gasteiger partial charge in [0.2, 0.25) is 0 Å². The van der Waals surface area contributed by atoms with Gasteiger partial charge in [-0.3, -0.25) is 0 Å². The predicted molar refractivity (Wildman–Crippen MR) is 67.2 cm³/mol. The first-order chi connectivity index (χ1) is 7.75. The second-order valence-corrected chi connectivity index (χ2v) is 4.20. The molecule has 1 N–H and O–H groups in total. The van der Waals surface area contributed by atoms with E-state index >= 15 is 0 Å². The van der Waals surface area contributed by atoms with Gasteiger partial charge in [-0.2, -0.15) is 5.26 Å². The lowest BCUT2D eigenvalue weighted by Crippen LogP contribution is -2.31. The molecular weight excluding hydrogens is 196 g/mol. The second kappa shape index (κ2) is 7.03. The molecule has 16 heavy (non-hydrogen) atoms. The molecule has 1 rings (SSSR count). The summed E-state index contributed by atoms with van der Waals surface area (Å²) in [6.45, 7) is 5.35. The smallest absolute Gasteiger partial charge is 0.0622 e. The van der Waals surface area contributed by atoms with E-state index in [1.807, 2.05) is 6.07 Å². The summed E-state index contributed by atoms with van der Waals surface area (Å²) in [6.07, 6.45) is 1.57. The van der Waals surface area contributed by atoms with Crippen molar-refractivity contribution in [3.63, 3.8) is 0 Å². The third-order valence-electron chi connectivity index (χ3n) is 3.01. The molecule has 0 aliphatic carbocycles. The molecule has 0 heterocycles. The van der Waals surface area contributed by atoms with Crippen LogP contribution in [0, 0.1) is 11.3 Å². The Kier molecular flexibility index (Phi) is 5.60. The zero-order chi connectivity index (χ0) is 11.8. The number of rotatable bonds is 6. The number of unbranched alkanes of at least 4 members (excludes halogenated alkanes) is 1. The van der Waals surface area contributed by atoms with E-state index in [1.54, 1.807) is 0 Å². The largest absolute Gasteiger partial charge is 0.314 e. The van der Waals surface area contributed by atoms with Crippen LogP contribution in [0.15, 0.2) is 30.3 Å². The molecule has 0 saturated carbocycles. The topological polar surface area (TPSA) is 35.8 Å². The summed E-state index contributed by atoms with van der Waals surface area (Å²) in [5.41, 5.74) is 1.36. The Morgan fingerprint density at radius 2 is 1.94 bits per heavy atom. The summed E-state index contributed by atoms with van der Waals surface area (Å²) in [6, 6.07) is 13.1. The molecule has 0 radical (unpaired) electrons. The van der Waals surface area contributed by atoms with Crippen molar-refractivity contribution in [3.05, 3.63) is 35.9 Å². The molecule has 0 aliphatic rings. The maximum atomic E-state index is 8.44. The number of hydrogen-bond acceptors (Lipinski definition) is 2. The van der Waals surface area contributed by atoms with E-state index < -0.39 is 0 Å². The van der Waals surface area contributed by atoms with Crippen LogP contribution in [0.3, 0.4) is 0 Å². The second-order valence-electron chi connectivity index (χ2n) is 4.20. The summed E-state index contributed by atoms with van der Waals surface area (Å²) in [5.74, 6) is 0.503. The number of hydrogen-bond donors (Lipinski definition) is 1. The molecule has 0 saturated heterocycles. The number of benzene rings is 1. The Hall–Kier alpha value is -1.33. The molecule has 2 heteroatoms. The van der Waals surface area contributed by atoms with Crippen LogP contribution in [0.5, 0.6) is 0 Å². The van der Waals surface area contributed by atoms with Crippen LogP contribution in [-0.2, 0) is 0 Å². The van der Waals surface area contributed by atoms with Gasteiger partial charge >= 0.3 is 0 Å². The van der Waals surface area contributed by atoms with E-state index in [1.165, 1.54) is 5.56 Å². The molecule has 0 aliphatic heterocycles. The van der Waals surface area contributed by atoms with Crippen molar-refractivity contribution in [1.82, 2.24) is 5.32 Å². The van der Waals surface area contributed by atoms with E-state index in [2.05, 4.69) is 49.5 Å². The van der Waals surface area contributed by atoms with Crippen LogP contribution in [0.25, 0.3) is 0 Å². The molecule has 0 spiro atoms. The number of nitrogens with zero attached hydrogens (tertiary/aromatic N) is 1. The van der Waals surface area contributed by atoms with Gasteiger partial charge in [0, 0.05) is 12.5 Å². The van der Waals surface area contributed by atoms with Gasteiger partial charge in [-0.15, -0.1) is 0 Å². The molecule has 1 aromatic carbocycles. The molecule has 1 aromatic rings. The highest BCUT2D eigenvalue weighted by atomic mass is 14.9. The maximum Gasteiger partial charge on any atom is 0.0622 e. The molecule has 0 bridgehead atoms. The minimum Gasteiger partial charge on any atom is -0.314 e. The maximum absolute atomic E-state index is 8.44. The highest BCUT2D eigenvalue weighted by Crippen LogP contribution is 2.18. The fourth-order valence-electron chi connectivity index (χ4n) is 1.72. The summed E-state index contributed by atoms with van der Waals surface area (Å²) >= 11 is 0. The summed E-state index contributed by atoms with van der Waals surface area (Å²) in [4.78, 5) is 0. The van der Waals surface area contributed by atoms with Crippen LogP contribution in [0.4, 0.5) is 0 Å². The molecule has 0 fully saturated rings. The lowest BCUT2D eigenvalue weighted by molar-refractivity contribution is 0.477. The van der Waals surface area contributed by atoms with Gasteiger partial charge in [-0.1, -0.05) is 37.3 Å². The molecule has 0 amide bonds. The van der Waals surface area contributed by atoms with Crippen LogP contribution in [0.2, 0.25) is 0 Å². The van der Waals surface area contributed by atoms with Gasteiger partial charge in [0.1, 0.15) is 0 Å². The first kappa shape index (κ1) is 12.7. The van der Waals surface area contributed by atoms with Crippen LogP contribution in [-0.4, -0.2) is 12.6 Å². The van der Waals surface area contributed by atoms with E-state index in [0.29, 0.717) is 18.4 Å². The van der Waals surface area contributed by atoms with Gasteiger partial charge in [0.05, 0.1) is 6.07 Å². The third kappa shape index (κ3) is 4.04. The van der Waals surface area contributed by atoms with E-state index in [-0.39, 0.29) is 0 Å². The quantitative estimate of drug-likeness (QED) is 0.742. The predicted octanol–water partition coefficient (Wildman–Crippen LogP) is 3.07. The Balaban J connectivity index is 2.37. The third-order valence-corrected chi connectivity index (χ3v) is 3.01. The molecule has 0 aromatic heterocycles. The summed E-state index contributed by atoms with van der Waals surface area (Å²) in [7, 11) is 0. The van der Waals surface area contributed by atoms with Crippen molar-refractivity contribution in [1.29, 1.82) is 5.26 Å². The average Bonchev–Trinajstić information content (AvgIpc) is 2.34. The first-order valence-corrected chi connectivity index (χ1v) is 5.91. The molecule has 2 atom stereocenters. The Labute approximate surface area is 98.3 Å². The minimum atomic E-state index is 0.445. The van der Waals surface area contributed by atoms with Crippen LogP contribution >= 0.6 is 0 Å². The lowest BCUT2D eigenvalue weighted by atomic mass is 9.94. The Morgan fingerprint density at radius 1 is 1.25 bits per heavy atom. The average molecular weight is 216 g/mol. The van der Waals surface area contributed by atoms with Gasteiger partial charge in [0.25, 0.3) is 0 Å². The fourth-order valence-corrected chi connectivity index (χ4v) is 1.72. The molecule has 86 valence electrons.